The molecule has 0 spiro atoms. The van der Waals surface area contributed by atoms with E-state index in [1.165, 1.54) is 0 Å². The van der Waals surface area contributed by atoms with Gasteiger partial charge < -0.3 is 15.3 Å². The van der Waals surface area contributed by atoms with Gasteiger partial charge in [0, 0.05) is 12.1 Å². The number of amides is 2. The second kappa shape index (κ2) is 7.70. The highest BCUT2D eigenvalue weighted by atomic mass is 16.3. The number of carbonyl (C=O) groups is 2. The van der Waals surface area contributed by atoms with Crippen molar-refractivity contribution in [1.29, 1.82) is 0 Å². The summed E-state index contributed by atoms with van der Waals surface area (Å²) in [6.07, 6.45) is 0. The number of rotatable bonds is 6. The van der Waals surface area contributed by atoms with Crippen molar-refractivity contribution in [1.82, 2.24) is 10.2 Å². The van der Waals surface area contributed by atoms with Gasteiger partial charge in [-0.05, 0) is 23.1 Å². The molecule has 0 radical (unpaired) electrons. The maximum atomic E-state index is 13.1. The predicted molar refractivity (Wildman–Crippen MR) is 99.4 cm³/mol. The minimum absolute atomic E-state index is 0.0897. The first-order chi connectivity index (χ1) is 12.5. The summed E-state index contributed by atoms with van der Waals surface area (Å²) in [7, 11) is 0. The molecule has 5 nitrogen and oxygen atoms in total. The molecule has 136 valence electrons. The van der Waals surface area contributed by atoms with Crippen molar-refractivity contribution in [2.24, 2.45) is 5.92 Å². The van der Waals surface area contributed by atoms with Crippen molar-refractivity contribution in [3.63, 3.8) is 0 Å². The molecule has 0 fully saturated rings. The van der Waals surface area contributed by atoms with Crippen LogP contribution >= 0.6 is 0 Å². The standard InChI is InChI=1S/C21H24N2O3/c1-14(2)18(13-24)22-20(25)19(15-8-4-3-5-9-15)23-12-16-10-6-7-11-17(16)21(23)26/h3-11,14,18-19,24H,12-13H2,1-2H3,(H,22,25)/t18-,19+/m1/s1. The normalized spacial score (nSPS) is 15.7. The van der Waals surface area contributed by atoms with Gasteiger partial charge in [0.25, 0.3) is 5.91 Å². The van der Waals surface area contributed by atoms with Crippen LogP contribution in [0.3, 0.4) is 0 Å². The zero-order valence-electron chi connectivity index (χ0n) is 15.1. The summed E-state index contributed by atoms with van der Waals surface area (Å²) in [5.41, 5.74) is 2.32. The summed E-state index contributed by atoms with van der Waals surface area (Å²) < 4.78 is 0. The number of aliphatic hydroxyl groups is 1. The van der Waals surface area contributed by atoms with E-state index in [4.69, 9.17) is 0 Å². The van der Waals surface area contributed by atoms with Crippen molar-refractivity contribution in [3.05, 3.63) is 71.3 Å². The van der Waals surface area contributed by atoms with Crippen LogP contribution in [0.25, 0.3) is 0 Å². The molecule has 1 heterocycles. The quantitative estimate of drug-likeness (QED) is 0.839. The molecule has 0 unspecified atom stereocenters. The van der Waals surface area contributed by atoms with Crippen LogP contribution < -0.4 is 5.32 Å². The van der Waals surface area contributed by atoms with Gasteiger partial charge in [-0.15, -0.1) is 0 Å². The molecule has 1 aliphatic heterocycles. The van der Waals surface area contributed by atoms with Crippen LogP contribution in [0.15, 0.2) is 54.6 Å². The van der Waals surface area contributed by atoms with Crippen molar-refractivity contribution in [2.75, 3.05) is 6.61 Å². The number of benzene rings is 2. The highest BCUT2D eigenvalue weighted by Crippen LogP contribution is 2.31. The second-order valence-corrected chi connectivity index (χ2v) is 6.95. The van der Waals surface area contributed by atoms with Gasteiger partial charge in [0.1, 0.15) is 6.04 Å². The summed E-state index contributed by atoms with van der Waals surface area (Å²) in [6.45, 7) is 4.14. The molecule has 0 aliphatic carbocycles. The van der Waals surface area contributed by atoms with Crippen LogP contribution in [0, 0.1) is 5.92 Å². The summed E-state index contributed by atoms with van der Waals surface area (Å²) in [5.74, 6) is -0.327. The Balaban J connectivity index is 1.93. The monoisotopic (exact) mass is 352 g/mol. The molecule has 3 rings (SSSR count). The van der Waals surface area contributed by atoms with E-state index in [-0.39, 0.29) is 30.4 Å². The lowest BCUT2D eigenvalue weighted by Crippen LogP contribution is -2.47. The predicted octanol–water partition coefficient (Wildman–Crippen LogP) is 2.52. The fraction of sp³-hybridized carbons (Fsp3) is 0.333. The lowest BCUT2D eigenvalue weighted by molar-refractivity contribution is -0.127. The molecule has 2 amide bonds. The number of carbonyl (C=O) groups excluding carboxylic acids is 2. The van der Waals surface area contributed by atoms with Gasteiger partial charge in [-0.1, -0.05) is 62.4 Å². The lowest BCUT2D eigenvalue weighted by atomic mass is 10.0. The number of hydrogen-bond donors (Lipinski definition) is 2. The highest BCUT2D eigenvalue weighted by molar-refractivity contribution is 6.01. The molecule has 2 atom stereocenters. The number of nitrogens with zero attached hydrogens (tertiary/aromatic N) is 1. The van der Waals surface area contributed by atoms with E-state index in [0.717, 1.165) is 11.1 Å². The molecule has 1 aliphatic rings. The number of hydrogen-bond acceptors (Lipinski definition) is 3. The van der Waals surface area contributed by atoms with Crippen molar-refractivity contribution < 1.29 is 14.7 Å². The minimum atomic E-state index is -0.733. The highest BCUT2D eigenvalue weighted by Gasteiger charge is 2.37. The van der Waals surface area contributed by atoms with Crippen LogP contribution in [-0.2, 0) is 11.3 Å². The fourth-order valence-electron chi connectivity index (χ4n) is 3.28. The third-order valence-corrected chi connectivity index (χ3v) is 4.85. The van der Waals surface area contributed by atoms with Crippen LogP contribution in [0.5, 0.6) is 0 Å². The van der Waals surface area contributed by atoms with E-state index in [0.29, 0.717) is 12.1 Å². The van der Waals surface area contributed by atoms with Crippen molar-refractivity contribution in [2.45, 2.75) is 32.5 Å². The first-order valence-corrected chi connectivity index (χ1v) is 8.88. The van der Waals surface area contributed by atoms with Gasteiger partial charge in [-0.2, -0.15) is 0 Å². The molecule has 0 saturated heterocycles. The van der Waals surface area contributed by atoms with E-state index in [1.54, 1.807) is 11.0 Å². The third-order valence-electron chi connectivity index (χ3n) is 4.85. The summed E-state index contributed by atoms with van der Waals surface area (Å²) in [4.78, 5) is 27.6. The average Bonchev–Trinajstić information content (AvgIpc) is 2.97. The number of fused-ring (bicyclic) bond motifs is 1. The Labute approximate surface area is 153 Å². The van der Waals surface area contributed by atoms with E-state index in [2.05, 4.69) is 5.32 Å². The molecule has 2 aromatic rings. The fourth-order valence-corrected chi connectivity index (χ4v) is 3.28. The van der Waals surface area contributed by atoms with E-state index >= 15 is 0 Å². The molecule has 0 bridgehead atoms. The van der Waals surface area contributed by atoms with Crippen molar-refractivity contribution in [3.8, 4) is 0 Å². The Hall–Kier alpha value is -2.66. The molecule has 2 N–H and O–H groups in total. The van der Waals surface area contributed by atoms with Gasteiger partial charge in [0.2, 0.25) is 5.91 Å². The molecule has 5 heteroatoms. The largest absolute Gasteiger partial charge is 0.394 e. The Bertz CT molecular complexity index is 789. The van der Waals surface area contributed by atoms with E-state index < -0.39 is 6.04 Å². The Morgan fingerprint density at radius 2 is 1.77 bits per heavy atom. The Kier molecular flexibility index (Phi) is 5.38. The number of nitrogens with one attached hydrogen (secondary N) is 1. The van der Waals surface area contributed by atoms with Gasteiger partial charge in [0.05, 0.1) is 12.6 Å². The van der Waals surface area contributed by atoms with Gasteiger partial charge >= 0.3 is 0 Å². The first kappa shape index (κ1) is 18.1. The van der Waals surface area contributed by atoms with E-state index in [9.17, 15) is 14.7 Å². The smallest absolute Gasteiger partial charge is 0.255 e. The SMILES string of the molecule is CC(C)[C@@H](CO)NC(=O)[C@H](c1ccccc1)N1Cc2ccccc2C1=O. The van der Waals surface area contributed by atoms with E-state index in [1.807, 2.05) is 62.4 Å². The molecule has 2 aromatic carbocycles. The Morgan fingerprint density at radius 1 is 1.12 bits per heavy atom. The topological polar surface area (TPSA) is 69.6 Å². The Morgan fingerprint density at radius 3 is 2.38 bits per heavy atom. The van der Waals surface area contributed by atoms with Crippen molar-refractivity contribution >= 4 is 11.8 Å². The minimum Gasteiger partial charge on any atom is -0.394 e. The molecule has 0 saturated carbocycles. The second-order valence-electron chi connectivity index (χ2n) is 6.95. The average molecular weight is 352 g/mol. The lowest BCUT2D eigenvalue weighted by Gasteiger charge is -2.30. The van der Waals surface area contributed by atoms with Crippen LogP contribution in [0.4, 0.5) is 0 Å². The zero-order valence-corrected chi connectivity index (χ0v) is 15.1. The van der Waals surface area contributed by atoms with Gasteiger partial charge in [-0.25, -0.2) is 0 Å². The van der Waals surface area contributed by atoms with Crippen LogP contribution in [0.2, 0.25) is 0 Å². The molecule has 0 aromatic heterocycles. The maximum absolute atomic E-state index is 13.1. The number of aliphatic hydroxyl groups excluding tert-OH is 1. The molecular weight excluding hydrogens is 328 g/mol. The summed E-state index contributed by atoms with van der Waals surface area (Å²) in [5, 5.41) is 12.5. The van der Waals surface area contributed by atoms with Crippen LogP contribution in [0.1, 0.15) is 41.4 Å². The maximum Gasteiger partial charge on any atom is 0.255 e. The summed E-state index contributed by atoms with van der Waals surface area (Å²) in [6, 6.07) is 15.6. The third kappa shape index (κ3) is 3.48. The van der Waals surface area contributed by atoms with Gasteiger partial charge in [0.15, 0.2) is 0 Å². The molecular formula is C21H24N2O3. The zero-order chi connectivity index (χ0) is 18.7. The van der Waals surface area contributed by atoms with Crippen LogP contribution in [-0.4, -0.2) is 34.5 Å². The first-order valence-electron chi connectivity index (χ1n) is 8.88. The summed E-state index contributed by atoms with van der Waals surface area (Å²) >= 11 is 0. The molecule has 26 heavy (non-hydrogen) atoms. The van der Waals surface area contributed by atoms with Gasteiger partial charge in [-0.3, -0.25) is 9.59 Å².